The van der Waals surface area contributed by atoms with Crippen LogP contribution in [0.25, 0.3) is 16.2 Å². The van der Waals surface area contributed by atoms with E-state index in [1.165, 1.54) is 29.5 Å². The van der Waals surface area contributed by atoms with Crippen molar-refractivity contribution >= 4 is 16.3 Å². The number of aromatic nitrogens is 2. The highest BCUT2D eigenvalue weighted by molar-refractivity contribution is 7.15. The summed E-state index contributed by atoms with van der Waals surface area (Å²) in [6.07, 6.45) is 3.72. The third-order valence-electron chi connectivity index (χ3n) is 2.35. The summed E-state index contributed by atoms with van der Waals surface area (Å²) in [7, 11) is 0. The first-order valence-corrected chi connectivity index (χ1v) is 5.56. The second kappa shape index (κ2) is 3.24. The van der Waals surface area contributed by atoms with Crippen LogP contribution >= 0.6 is 11.3 Å². The van der Waals surface area contributed by atoms with Gasteiger partial charge in [-0.25, -0.2) is 4.98 Å². The van der Waals surface area contributed by atoms with Gasteiger partial charge in [-0.1, -0.05) is 0 Å². The molecule has 0 aliphatic heterocycles. The predicted octanol–water partition coefficient (Wildman–Crippen LogP) is 2.47. The van der Waals surface area contributed by atoms with Crippen LogP contribution in [0.15, 0.2) is 36.0 Å². The Morgan fingerprint density at radius 2 is 2.12 bits per heavy atom. The molecule has 0 fully saturated rings. The van der Waals surface area contributed by atoms with Crippen LogP contribution in [0.1, 0.15) is 0 Å². The molecule has 1 aromatic carbocycles. The fourth-order valence-electron chi connectivity index (χ4n) is 1.59. The van der Waals surface area contributed by atoms with Crippen LogP contribution in [0.4, 0.5) is 0 Å². The lowest BCUT2D eigenvalue weighted by Gasteiger charge is -2.01. The maximum absolute atomic E-state index is 9.69. The molecule has 2 N–H and O–H groups in total. The van der Waals surface area contributed by atoms with Gasteiger partial charge in [0.25, 0.3) is 0 Å². The van der Waals surface area contributed by atoms with E-state index in [0.29, 0.717) is 11.3 Å². The molecule has 0 unspecified atom stereocenters. The molecule has 0 saturated heterocycles. The zero-order valence-electron chi connectivity index (χ0n) is 8.16. The van der Waals surface area contributed by atoms with E-state index in [-0.39, 0.29) is 11.5 Å². The molecule has 2 aromatic heterocycles. The largest absolute Gasteiger partial charge is 0.508 e. The molecule has 3 aromatic rings. The number of phenolic OH excluding ortho intramolecular Hbond substituents is 2. The number of hydrogen-bond acceptors (Lipinski definition) is 4. The van der Waals surface area contributed by atoms with Gasteiger partial charge in [-0.05, 0) is 18.2 Å². The van der Waals surface area contributed by atoms with Gasteiger partial charge >= 0.3 is 0 Å². The fourth-order valence-corrected chi connectivity index (χ4v) is 2.29. The molecule has 0 amide bonds. The van der Waals surface area contributed by atoms with Crippen LogP contribution < -0.4 is 0 Å². The number of hydrogen-bond donors (Lipinski definition) is 2. The molecule has 0 aliphatic rings. The predicted molar refractivity (Wildman–Crippen MR) is 61.8 cm³/mol. The van der Waals surface area contributed by atoms with E-state index >= 15 is 0 Å². The summed E-state index contributed by atoms with van der Waals surface area (Å²) in [6.45, 7) is 0. The molecule has 2 heterocycles. The number of aromatic hydroxyl groups is 2. The minimum absolute atomic E-state index is 0.114. The van der Waals surface area contributed by atoms with E-state index in [0.717, 1.165) is 4.96 Å². The average Bonchev–Trinajstić information content (AvgIpc) is 2.81. The smallest absolute Gasteiger partial charge is 0.194 e. The van der Waals surface area contributed by atoms with Crippen molar-refractivity contribution < 1.29 is 10.2 Å². The summed E-state index contributed by atoms with van der Waals surface area (Å²) in [6, 6.07) is 4.40. The van der Waals surface area contributed by atoms with E-state index in [1.54, 1.807) is 0 Å². The Kier molecular flexibility index (Phi) is 1.87. The number of imidazole rings is 1. The van der Waals surface area contributed by atoms with Gasteiger partial charge in [0.2, 0.25) is 0 Å². The monoisotopic (exact) mass is 232 g/mol. The van der Waals surface area contributed by atoms with Crippen molar-refractivity contribution in [2.24, 2.45) is 0 Å². The second-order valence-corrected chi connectivity index (χ2v) is 4.29. The van der Waals surface area contributed by atoms with Gasteiger partial charge in [0, 0.05) is 23.3 Å². The van der Waals surface area contributed by atoms with Gasteiger partial charge in [-0.3, -0.25) is 4.40 Å². The minimum atomic E-state index is 0.114. The van der Waals surface area contributed by atoms with Crippen LogP contribution in [0.2, 0.25) is 0 Å². The van der Waals surface area contributed by atoms with E-state index in [1.807, 2.05) is 22.2 Å². The van der Waals surface area contributed by atoms with Gasteiger partial charge in [0.1, 0.15) is 11.5 Å². The van der Waals surface area contributed by atoms with Gasteiger partial charge in [-0.2, -0.15) is 0 Å². The molecular formula is C11H8N2O2S. The van der Waals surface area contributed by atoms with Gasteiger partial charge in [0.15, 0.2) is 4.96 Å². The number of phenols is 2. The first-order valence-electron chi connectivity index (χ1n) is 4.68. The first kappa shape index (κ1) is 9.23. The normalized spacial score (nSPS) is 11.0. The molecule has 16 heavy (non-hydrogen) atoms. The first-order chi connectivity index (χ1) is 7.74. The topological polar surface area (TPSA) is 57.8 Å². The van der Waals surface area contributed by atoms with Crippen molar-refractivity contribution in [2.75, 3.05) is 0 Å². The lowest BCUT2D eigenvalue weighted by Crippen LogP contribution is -1.78. The molecule has 0 bridgehead atoms. The number of benzene rings is 1. The van der Waals surface area contributed by atoms with Gasteiger partial charge < -0.3 is 10.2 Å². The number of rotatable bonds is 1. The van der Waals surface area contributed by atoms with E-state index in [2.05, 4.69) is 4.98 Å². The lowest BCUT2D eigenvalue weighted by molar-refractivity contribution is 0.462. The maximum Gasteiger partial charge on any atom is 0.194 e. The Morgan fingerprint density at radius 1 is 1.25 bits per heavy atom. The van der Waals surface area contributed by atoms with Crippen molar-refractivity contribution in [3.05, 3.63) is 36.0 Å². The van der Waals surface area contributed by atoms with Crippen molar-refractivity contribution in [2.45, 2.75) is 0 Å². The summed E-state index contributed by atoms with van der Waals surface area (Å²) in [4.78, 5) is 5.21. The van der Waals surface area contributed by atoms with Crippen molar-refractivity contribution in [3.8, 4) is 22.8 Å². The molecule has 0 atom stereocenters. The third-order valence-corrected chi connectivity index (χ3v) is 3.12. The molecular weight excluding hydrogens is 224 g/mol. The molecule has 0 radical (unpaired) electrons. The molecule has 3 rings (SSSR count). The van der Waals surface area contributed by atoms with Crippen molar-refractivity contribution in [1.82, 2.24) is 9.38 Å². The molecule has 5 heteroatoms. The quantitative estimate of drug-likeness (QED) is 0.634. The van der Waals surface area contributed by atoms with Crippen LogP contribution in [0.5, 0.6) is 11.5 Å². The number of nitrogens with zero attached hydrogens (tertiary/aromatic N) is 2. The van der Waals surface area contributed by atoms with E-state index in [4.69, 9.17) is 0 Å². The second-order valence-electron chi connectivity index (χ2n) is 3.42. The fraction of sp³-hybridized carbons (Fsp3) is 0. The summed E-state index contributed by atoms with van der Waals surface area (Å²) >= 11 is 1.52. The van der Waals surface area contributed by atoms with E-state index in [9.17, 15) is 10.2 Å². The zero-order chi connectivity index (χ0) is 11.1. The summed E-state index contributed by atoms with van der Waals surface area (Å²) in [5.41, 5.74) is 1.19. The van der Waals surface area contributed by atoms with Gasteiger partial charge in [0.05, 0.1) is 5.69 Å². The highest BCUT2D eigenvalue weighted by Crippen LogP contribution is 2.32. The number of fused-ring (bicyclic) bond motifs is 1. The number of thiazole rings is 1. The highest BCUT2D eigenvalue weighted by atomic mass is 32.1. The highest BCUT2D eigenvalue weighted by Gasteiger charge is 2.10. The summed E-state index contributed by atoms with van der Waals surface area (Å²) < 4.78 is 1.88. The van der Waals surface area contributed by atoms with Crippen LogP contribution in [0.3, 0.4) is 0 Å². The summed E-state index contributed by atoms with van der Waals surface area (Å²) in [5.74, 6) is 0.229. The Balaban J connectivity index is 2.22. The Bertz CT molecular complexity index is 628. The summed E-state index contributed by atoms with van der Waals surface area (Å²) in [5, 5.41) is 21.0. The maximum atomic E-state index is 9.69. The SMILES string of the molecule is Oc1ccc(O)c(-c2cn3ccsc3n2)c1. The molecule has 0 saturated carbocycles. The van der Waals surface area contributed by atoms with Crippen LogP contribution in [-0.2, 0) is 0 Å². The molecule has 4 nitrogen and oxygen atoms in total. The van der Waals surface area contributed by atoms with Gasteiger partial charge in [-0.15, -0.1) is 11.3 Å². The van der Waals surface area contributed by atoms with Crippen LogP contribution in [-0.4, -0.2) is 19.6 Å². The lowest BCUT2D eigenvalue weighted by atomic mass is 10.1. The zero-order valence-corrected chi connectivity index (χ0v) is 8.98. The Labute approximate surface area is 95.1 Å². The van der Waals surface area contributed by atoms with Crippen molar-refractivity contribution in [3.63, 3.8) is 0 Å². The van der Waals surface area contributed by atoms with Crippen LogP contribution in [0, 0.1) is 0 Å². The Morgan fingerprint density at radius 3 is 2.94 bits per heavy atom. The molecule has 0 aliphatic carbocycles. The average molecular weight is 232 g/mol. The van der Waals surface area contributed by atoms with Crippen molar-refractivity contribution in [1.29, 1.82) is 0 Å². The molecule has 0 spiro atoms. The van der Waals surface area contributed by atoms with E-state index < -0.39 is 0 Å². The molecule has 80 valence electrons. The standard InChI is InChI=1S/C11H8N2O2S/c14-7-1-2-10(15)8(5-7)9-6-13-3-4-16-11(13)12-9/h1-6,14-15H. The Hall–Kier alpha value is -2.01. The minimum Gasteiger partial charge on any atom is -0.508 e. The third kappa shape index (κ3) is 1.33.